The van der Waals surface area contributed by atoms with Crippen LogP contribution < -0.4 is 0 Å². The molecule has 1 aliphatic heterocycles. The van der Waals surface area contributed by atoms with Crippen molar-refractivity contribution in [2.24, 2.45) is 0 Å². The minimum Gasteiger partial charge on any atom is -0.392 e. The molecular weight excluding hydrogens is 336 g/mol. The Kier molecular flexibility index (Phi) is 6.39. The summed E-state index contributed by atoms with van der Waals surface area (Å²) in [7, 11) is 0. The van der Waals surface area contributed by atoms with E-state index in [0.29, 0.717) is 12.1 Å². The molecular formula is C20H29ClN2O2. The van der Waals surface area contributed by atoms with Gasteiger partial charge in [0.15, 0.2) is 0 Å². The molecule has 3 atom stereocenters. The van der Waals surface area contributed by atoms with E-state index in [0.717, 1.165) is 39.1 Å². The van der Waals surface area contributed by atoms with Crippen LogP contribution in [0.1, 0.15) is 32.1 Å². The van der Waals surface area contributed by atoms with Gasteiger partial charge in [-0.05, 0) is 36.8 Å². The summed E-state index contributed by atoms with van der Waals surface area (Å²) in [6.45, 7) is 3.51. The lowest BCUT2D eigenvalue weighted by Gasteiger charge is -2.37. The van der Waals surface area contributed by atoms with Crippen LogP contribution in [0, 0.1) is 0 Å². The summed E-state index contributed by atoms with van der Waals surface area (Å²) >= 11 is 0. The predicted molar refractivity (Wildman–Crippen MR) is 103 cm³/mol. The Balaban J connectivity index is 0.00000182. The predicted octanol–water partition coefficient (Wildman–Crippen LogP) is 3.46. The lowest BCUT2D eigenvalue weighted by Crippen LogP contribution is -2.46. The number of likely N-dealkylation sites (tertiary alicyclic amines) is 1. The number of hydrogen-bond donors (Lipinski definition) is 1. The largest absolute Gasteiger partial charge is 0.392 e. The maximum absolute atomic E-state index is 9.83. The maximum Gasteiger partial charge on any atom is 0.0731 e. The van der Waals surface area contributed by atoms with Gasteiger partial charge >= 0.3 is 0 Å². The van der Waals surface area contributed by atoms with E-state index in [-0.39, 0.29) is 18.5 Å². The van der Waals surface area contributed by atoms with Gasteiger partial charge in [0, 0.05) is 37.4 Å². The van der Waals surface area contributed by atoms with Crippen LogP contribution >= 0.6 is 12.4 Å². The average molecular weight is 365 g/mol. The van der Waals surface area contributed by atoms with Gasteiger partial charge < -0.3 is 14.4 Å². The summed E-state index contributed by atoms with van der Waals surface area (Å²) < 4.78 is 8.61. The number of aliphatic hydroxyl groups is 1. The second-order valence-electron chi connectivity index (χ2n) is 7.27. The van der Waals surface area contributed by atoms with Crippen molar-refractivity contribution < 1.29 is 9.84 Å². The van der Waals surface area contributed by atoms with Crippen LogP contribution in [0.5, 0.6) is 0 Å². The molecule has 2 heterocycles. The van der Waals surface area contributed by atoms with Gasteiger partial charge in [-0.15, -0.1) is 12.4 Å². The monoisotopic (exact) mass is 364 g/mol. The highest BCUT2D eigenvalue weighted by Crippen LogP contribution is 2.28. The summed E-state index contributed by atoms with van der Waals surface area (Å²) in [5, 5.41) is 11.1. The number of para-hydroxylation sites is 1. The summed E-state index contributed by atoms with van der Waals surface area (Å²) in [5.74, 6) is 0. The van der Waals surface area contributed by atoms with E-state index in [1.807, 2.05) is 0 Å². The SMILES string of the molecule is Cl.OC1CCN(C2CCCCC2OCCn2ccc3ccccc32)C1. The van der Waals surface area contributed by atoms with Gasteiger partial charge in [0.1, 0.15) is 0 Å². The topological polar surface area (TPSA) is 37.6 Å². The number of nitrogens with zero attached hydrogens (tertiary/aromatic N) is 2. The summed E-state index contributed by atoms with van der Waals surface area (Å²) in [6, 6.07) is 11.2. The van der Waals surface area contributed by atoms with Crippen molar-refractivity contribution in [2.75, 3.05) is 19.7 Å². The molecule has 4 nitrogen and oxygen atoms in total. The molecule has 2 fully saturated rings. The van der Waals surface area contributed by atoms with E-state index in [9.17, 15) is 5.11 Å². The molecule has 0 bridgehead atoms. The van der Waals surface area contributed by atoms with E-state index in [1.165, 1.54) is 30.2 Å². The normalized spacial score (nSPS) is 27.5. The van der Waals surface area contributed by atoms with Gasteiger partial charge in [0.05, 0.1) is 18.8 Å². The first kappa shape index (κ1) is 18.7. The molecule has 0 radical (unpaired) electrons. The third kappa shape index (κ3) is 4.20. The Hall–Kier alpha value is -1.07. The van der Waals surface area contributed by atoms with Crippen LogP contribution in [0.15, 0.2) is 36.5 Å². The number of rotatable bonds is 5. The first-order valence-electron chi connectivity index (χ1n) is 9.39. The number of halogens is 1. The standard InChI is InChI=1S/C20H28N2O2.ClH/c23-17-10-12-22(15-17)19-7-3-4-8-20(19)24-14-13-21-11-9-16-5-1-2-6-18(16)21;/h1-2,5-6,9,11,17,19-20,23H,3-4,7-8,10,12-15H2;1H. The molecule has 1 N–H and O–H groups in total. The van der Waals surface area contributed by atoms with Crippen molar-refractivity contribution in [1.82, 2.24) is 9.47 Å². The van der Waals surface area contributed by atoms with Crippen LogP contribution in [0.2, 0.25) is 0 Å². The first-order valence-corrected chi connectivity index (χ1v) is 9.39. The zero-order chi connectivity index (χ0) is 16.4. The molecule has 3 unspecified atom stereocenters. The van der Waals surface area contributed by atoms with Crippen molar-refractivity contribution >= 4 is 23.3 Å². The number of ether oxygens (including phenoxy) is 1. The molecule has 2 aliphatic rings. The van der Waals surface area contributed by atoms with Gasteiger partial charge in [0.2, 0.25) is 0 Å². The molecule has 1 aromatic heterocycles. The fourth-order valence-corrected chi connectivity index (χ4v) is 4.40. The van der Waals surface area contributed by atoms with E-state index in [1.54, 1.807) is 0 Å². The zero-order valence-electron chi connectivity index (χ0n) is 14.7. The van der Waals surface area contributed by atoms with E-state index < -0.39 is 0 Å². The number of aromatic nitrogens is 1. The average Bonchev–Trinajstić information content (AvgIpc) is 3.22. The number of β-amino-alcohol motifs (C(OH)–C–C–N with tert-alkyl or cyclic N) is 1. The summed E-state index contributed by atoms with van der Waals surface area (Å²) in [6.07, 6.45) is 8.18. The number of aliphatic hydroxyl groups excluding tert-OH is 1. The lowest BCUT2D eigenvalue weighted by molar-refractivity contribution is -0.0350. The minimum absolute atomic E-state index is 0. The Morgan fingerprint density at radius 2 is 1.92 bits per heavy atom. The highest BCUT2D eigenvalue weighted by Gasteiger charge is 2.34. The molecule has 2 aromatic rings. The van der Waals surface area contributed by atoms with Gasteiger partial charge in [-0.3, -0.25) is 4.90 Å². The Morgan fingerprint density at radius 1 is 1.08 bits per heavy atom. The van der Waals surface area contributed by atoms with Crippen molar-refractivity contribution in [2.45, 2.75) is 56.9 Å². The van der Waals surface area contributed by atoms with Crippen LogP contribution in [-0.2, 0) is 11.3 Å². The molecule has 1 saturated carbocycles. The van der Waals surface area contributed by atoms with E-state index >= 15 is 0 Å². The fraction of sp³-hybridized carbons (Fsp3) is 0.600. The quantitative estimate of drug-likeness (QED) is 0.882. The van der Waals surface area contributed by atoms with Crippen molar-refractivity contribution in [3.05, 3.63) is 36.5 Å². The molecule has 0 amide bonds. The minimum atomic E-state index is -0.140. The Bertz CT molecular complexity index is 675. The molecule has 138 valence electrons. The second-order valence-corrected chi connectivity index (χ2v) is 7.27. The van der Waals surface area contributed by atoms with Crippen LogP contribution in [0.25, 0.3) is 10.9 Å². The fourth-order valence-electron chi connectivity index (χ4n) is 4.40. The van der Waals surface area contributed by atoms with Gasteiger partial charge in [-0.25, -0.2) is 0 Å². The third-order valence-electron chi connectivity index (χ3n) is 5.68. The molecule has 0 spiro atoms. The van der Waals surface area contributed by atoms with E-state index in [4.69, 9.17) is 4.74 Å². The number of benzene rings is 1. The van der Waals surface area contributed by atoms with E-state index in [2.05, 4.69) is 46.0 Å². The highest BCUT2D eigenvalue weighted by molar-refractivity contribution is 5.85. The third-order valence-corrected chi connectivity index (χ3v) is 5.68. The van der Waals surface area contributed by atoms with Gasteiger partial charge in [-0.1, -0.05) is 31.0 Å². The van der Waals surface area contributed by atoms with Crippen LogP contribution in [-0.4, -0.2) is 52.5 Å². The molecule has 1 saturated heterocycles. The molecule has 5 heteroatoms. The maximum atomic E-state index is 9.83. The molecule has 4 rings (SSSR count). The molecule has 25 heavy (non-hydrogen) atoms. The molecule has 1 aliphatic carbocycles. The van der Waals surface area contributed by atoms with Crippen LogP contribution in [0.3, 0.4) is 0 Å². The van der Waals surface area contributed by atoms with Crippen molar-refractivity contribution in [3.8, 4) is 0 Å². The Morgan fingerprint density at radius 3 is 2.76 bits per heavy atom. The first-order chi connectivity index (χ1) is 11.8. The molecule has 1 aromatic carbocycles. The van der Waals surface area contributed by atoms with Crippen LogP contribution in [0.4, 0.5) is 0 Å². The Labute approximate surface area is 156 Å². The smallest absolute Gasteiger partial charge is 0.0731 e. The lowest BCUT2D eigenvalue weighted by atomic mass is 9.91. The van der Waals surface area contributed by atoms with Gasteiger partial charge in [-0.2, -0.15) is 0 Å². The summed E-state index contributed by atoms with van der Waals surface area (Å²) in [5.41, 5.74) is 1.28. The second kappa shape index (κ2) is 8.54. The van der Waals surface area contributed by atoms with Crippen molar-refractivity contribution in [3.63, 3.8) is 0 Å². The highest BCUT2D eigenvalue weighted by atomic mass is 35.5. The number of hydrogen-bond acceptors (Lipinski definition) is 3. The number of fused-ring (bicyclic) bond motifs is 1. The van der Waals surface area contributed by atoms with Crippen molar-refractivity contribution in [1.29, 1.82) is 0 Å². The zero-order valence-corrected chi connectivity index (χ0v) is 15.5. The van der Waals surface area contributed by atoms with Gasteiger partial charge in [0.25, 0.3) is 0 Å². The summed E-state index contributed by atoms with van der Waals surface area (Å²) in [4.78, 5) is 2.46.